The van der Waals surface area contributed by atoms with Crippen molar-refractivity contribution in [2.45, 2.75) is 51.0 Å². The van der Waals surface area contributed by atoms with E-state index >= 15 is 0 Å². The number of allylic oxidation sites excluding steroid dienone is 2. The molecule has 2 aromatic rings. The van der Waals surface area contributed by atoms with Crippen molar-refractivity contribution in [2.75, 3.05) is 13.1 Å². The van der Waals surface area contributed by atoms with E-state index in [9.17, 15) is 9.59 Å². The van der Waals surface area contributed by atoms with E-state index in [1.165, 1.54) is 12.8 Å². The van der Waals surface area contributed by atoms with E-state index in [1.807, 2.05) is 29.2 Å². The molecular formula is C28H32N2O3. The lowest BCUT2D eigenvalue weighted by molar-refractivity contribution is 0.0594. The van der Waals surface area contributed by atoms with E-state index in [-0.39, 0.29) is 17.8 Å². The van der Waals surface area contributed by atoms with Crippen LogP contribution < -0.4 is 4.74 Å². The number of piperidine rings is 1. The first-order valence-corrected chi connectivity index (χ1v) is 12.3. The second-order valence-corrected chi connectivity index (χ2v) is 9.73. The van der Waals surface area contributed by atoms with Crippen LogP contribution in [-0.2, 0) is 0 Å². The van der Waals surface area contributed by atoms with Crippen LogP contribution in [0.4, 0.5) is 0 Å². The number of rotatable bonds is 8. The minimum atomic E-state index is 0.0237. The molecule has 5 nitrogen and oxygen atoms in total. The normalized spacial score (nSPS) is 24.2. The van der Waals surface area contributed by atoms with Crippen LogP contribution in [0.25, 0.3) is 0 Å². The number of ketones is 1. The zero-order valence-electron chi connectivity index (χ0n) is 19.1. The van der Waals surface area contributed by atoms with Crippen LogP contribution >= 0.6 is 0 Å². The predicted molar refractivity (Wildman–Crippen MR) is 127 cm³/mol. The number of nitrogens with zero attached hydrogens (tertiary/aromatic N) is 2. The third-order valence-corrected chi connectivity index (χ3v) is 7.49. The molecule has 5 rings (SSSR count). The van der Waals surface area contributed by atoms with Crippen LogP contribution in [0.3, 0.4) is 0 Å². The molecular weight excluding hydrogens is 412 g/mol. The van der Waals surface area contributed by atoms with Gasteiger partial charge in [0.2, 0.25) is 0 Å². The smallest absolute Gasteiger partial charge is 0.255 e. The molecule has 1 saturated carbocycles. The summed E-state index contributed by atoms with van der Waals surface area (Å²) in [7, 11) is 0. The van der Waals surface area contributed by atoms with Crippen molar-refractivity contribution in [1.82, 2.24) is 9.88 Å². The molecule has 172 valence electrons. The first-order chi connectivity index (χ1) is 16.2. The minimum Gasteiger partial charge on any atom is -0.490 e. The number of likely N-dealkylation sites (tertiary alicyclic amines) is 1. The van der Waals surface area contributed by atoms with Gasteiger partial charge in [-0.05, 0) is 67.7 Å². The molecule has 0 spiro atoms. The molecule has 3 unspecified atom stereocenters. The highest BCUT2D eigenvalue weighted by Gasteiger charge is 2.35. The number of carbonyl (C=O) groups is 2. The molecule has 3 aliphatic rings. The fourth-order valence-electron chi connectivity index (χ4n) is 5.68. The monoisotopic (exact) mass is 444 g/mol. The Morgan fingerprint density at radius 1 is 1.03 bits per heavy atom. The number of Topliss-reactive ketones (excluding diaryl/α,β-unsaturated/α-hetero) is 1. The standard InChI is InChI=1S/C28H32N2O3/c31-27(8-2-4-21-16-20-9-10-22(21)17-20)23-5-1-7-26(18-23)33-25-11-14-30(15-12-25)28(32)24-6-3-13-29-19-24/h1,3,5-7,9-10,13,18-22,25H,2,4,8,11-12,14-17H2. The largest absolute Gasteiger partial charge is 0.490 e. The molecule has 2 bridgehead atoms. The average molecular weight is 445 g/mol. The molecule has 3 atom stereocenters. The Bertz CT molecular complexity index is 1010. The summed E-state index contributed by atoms with van der Waals surface area (Å²) < 4.78 is 6.19. The van der Waals surface area contributed by atoms with E-state index in [0.29, 0.717) is 25.1 Å². The van der Waals surface area contributed by atoms with Crippen LogP contribution in [0.15, 0.2) is 60.9 Å². The molecule has 2 aliphatic carbocycles. The Hall–Kier alpha value is -2.95. The highest BCUT2D eigenvalue weighted by atomic mass is 16.5. The Morgan fingerprint density at radius 3 is 2.61 bits per heavy atom. The van der Waals surface area contributed by atoms with Crippen molar-refractivity contribution in [3.8, 4) is 5.75 Å². The fraction of sp³-hybridized carbons (Fsp3) is 0.464. The number of carbonyl (C=O) groups excluding carboxylic acids is 2. The van der Waals surface area contributed by atoms with Crippen molar-refractivity contribution in [3.05, 3.63) is 72.1 Å². The van der Waals surface area contributed by atoms with Gasteiger partial charge in [-0.2, -0.15) is 0 Å². The van der Waals surface area contributed by atoms with Crippen molar-refractivity contribution in [2.24, 2.45) is 17.8 Å². The second kappa shape index (κ2) is 9.90. The quantitative estimate of drug-likeness (QED) is 0.408. The van der Waals surface area contributed by atoms with Gasteiger partial charge in [-0.3, -0.25) is 14.6 Å². The number of ether oxygens (including phenoxy) is 1. The lowest BCUT2D eigenvalue weighted by Gasteiger charge is -2.32. The Balaban J connectivity index is 1.08. The van der Waals surface area contributed by atoms with Crippen LogP contribution in [0.2, 0.25) is 0 Å². The summed E-state index contributed by atoms with van der Waals surface area (Å²) in [5.41, 5.74) is 1.37. The van der Waals surface area contributed by atoms with E-state index in [2.05, 4.69) is 17.1 Å². The molecule has 1 saturated heterocycles. The zero-order chi connectivity index (χ0) is 22.6. The average Bonchev–Trinajstić information content (AvgIpc) is 3.48. The van der Waals surface area contributed by atoms with Gasteiger partial charge in [0, 0.05) is 50.3 Å². The molecule has 2 fully saturated rings. The van der Waals surface area contributed by atoms with Crippen LogP contribution in [0.1, 0.15) is 65.7 Å². The maximum absolute atomic E-state index is 12.8. The van der Waals surface area contributed by atoms with Gasteiger partial charge in [0.1, 0.15) is 11.9 Å². The number of hydrogen-bond donors (Lipinski definition) is 0. The summed E-state index contributed by atoms with van der Waals surface area (Å²) in [5, 5.41) is 0. The van der Waals surface area contributed by atoms with Gasteiger partial charge in [0.25, 0.3) is 5.91 Å². The molecule has 1 aromatic heterocycles. The summed E-state index contributed by atoms with van der Waals surface area (Å²) in [6.07, 6.45) is 15.0. The molecule has 5 heteroatoms. The van der Waals surface area contributed by atoms with E-state index in [0.717, 1.165) is 54.7 Å². The molecule has 2 heterocycles. The number of fused-ring (bicyclic) bond motifs is 2. The van der Waals surface area contributed by atoms with Crippen molar-refractivity contribution in [1.29, 1.82) is 0 Å². The summed E-state index contributed by atoms with van der Waals surface area (Å²) >= 11 is 0. The maximum atomic E-state index is 12.8. The topological polar surface area (TPSA) is 59.5 Å². The number of benzene rings is 1. The lowest BCUT2D eigenvalue weighted by Crippen LogP contribution is -2.41. The van der Waals surface area contributed by atoms with E-state index in [4.69, 9.17) is 4.74 Å². The first kappa shape index (κ1) is 21.9. The van der Waals surface area contributed by atoms with Crippen LogP contribution in [-0.4, -0.2) is 40.8 Å². The highest BCUT2D eigenvalue weighted by molar-refractivity contribution is 5.96. The number of aromatic nitrogens is 1. The van der Waals surface area contributed by atoms with Crippen molar-refractivity contribution in [3.63, 3.8) is 0 Å². The van der Waals surface area contributed by atoms with E-state index in [1.54, 1.807) is 24.5 Å². The summed E-state index contributed by atoms with van der Waals surface area (Å²) in [5.74, 6) is 3.30. The molecule has 1 amide bonds. The first-order valence-electron chi connectivity index (χ1n) is 12.3. The van der Waals surface area contributed by atoms with E-state index < -0.39 is 0 Å². The summed E-state index contributed by atoms with van der Waals surface area (Å²) in [6, 6.07) is 11.2. The Labute approximate surface area is 195 Å². The maximum Gasteiger partial charge on any atom is 0.255 e. The summed E-state index contributed by atoms with van der Waals surface area (Å²) in [4.78, 5) is 31.3. The summed E-state index contributed by atoms with van der Waals surface area (Å²) in [6.45, 7) is 1.32. The van der Waals surface area contributed by atoms with Gasteiger partial charge in [-0.15, -0.1) is 0 Å². The van der Waals surface area contributed by atoms with Crippen molar-refractivity contribution >= 4 is 11.7 Å². The van der Waals surface area contributed by atoms with Crippen LogP contribution in [0, 0.1) is 17.8 Å². The van der Waals surface area contributed by atoms with Gasteiger partial charge in [0.05, 0.1) is 5.56 Å². The Kier molecular flexibility index (Phi) is 6.56. The number of amides is 1. The van der Waals surface area contributed by atoms with Gasteiger partial charge in [0.15, 0.2) is 5.78 Å². The van der Waals surface area contributed by atoms with Gasteiger partial charge in [-0.25, -0.2) is 0 Å². The molecule has 33 heavy (non-hydrogen) atoms. The molecule has 0 N–H and O–H groups in total. The van der Waals surface area contributed by atoms with Gasteiger partial charge < -0.3 is 9.64 Å². The van der Waals surface area contributed by atoms with Gasteiger partial charge in [-0.1, -0.05) is 24.3 Å². The molecule has 1 aliphatic heterocycles. The third-order valence-electron chi connectivity index (χ3n) is 7.49. The minimum absolute atomic E-state index is 0.0237. The second-order valence-electron chi connectivity index (χ2n) is 9.73. The van der Waals surface area contributed by atoms with Crippen molar-refractivity contribution < 1.29 is 14.3 Å². The predicted octanol–water partition coefficient (Wildman–Crippen LogP) is 5.33. The highest BCUT2D eigenvalue weighted by Crippen LogP contribution is 2.45. The lowest BCUT2D eigenvalue weighted by atomic mass is 9.88. The zero-order valence-corrected chi connectivity index (χ0v) is 19.1. The molecule has 1 aromatic carbocycles. The fourth-order valence-corrected chi connectivity index (χ4v) is 5.68. The van der Waals surface area contributed by atoms with Gasteiger partial charge >= 0.3 is 0 Å². The SMILES string of the molecule is O=C(CCCC1CC2C=CC1C2)c1cccc(OC2CCN(C(=O)c3cccnc3)CC2)c1. The third kappa shape index (κ3) is 5.18. The number of hydrogen-bond acceptors (Lipinski definition) is 4. The number of pyridine rings is 1. The Morgan fingerprint density at radius 2 is 1.88 bits per heavy atom. The van der Waals surface area contributed by atoms with Crippen LogP contribution in [0.5, 0.6) is 5.75 Å². The molecule has 0 radical (unpaired) electrons.